The molecule has 0 aliphatic carbocycles. The lowest BCUT2D eigenvalue weighted by molar-refractivity contribution is -0.122. The van der Waals surface area contributed by atoms with Crippen molar-refractivity contribution in [2.75, 3.05) is 0 Å². The van der Waals surface area contributed by atoms with Crippen LogP contribution in [0.5, 0.6) is 0 Å². The van der Waals surface area contributed by atoms with Gasteiger partial charge in [-0.05, 0) is 30.7 Å². The number of aryl methyl sites for hydroxylation is 1. The average Bonchev–Trinajstić information content (AvgIpc) is 3.36. The van der Waals surface area contributed by atoms with Crippen molar-refractivity contribution in [3.05, 3.63) is 82.1 Å². The fourth-order valence-electron chi connectivity index (χ4n) is 3.19. The van der Waals surface area contributed by atoms with Crippen LogP contribution in [0.2, 0.25) is 5.02 Å². The second kappa shape index (κ2) is 9.52. The van der Waals surface area contributed by atoms with E-state index in [1.54, 1.807) is 6.21 Å². The number of hydrogen-bond donors (Lipinski definition) is 1. The minimum atomic E-state index is -0.364. The Morgan fingerprint density at radius 2 is 1.84 bits per heavy atom. The van der Waals surface area contributed by atoms with E-state index in [-0.39, 0.29) is 12.5 Å². The summed E-state index contributed by atoms with van der Waals surface area (Å²) in [6, 6.07) is 17.1. The molecule has 0 saturated carbocycles. The molecule has 1 N–H and O–H groups in total. The molecular weight excluding hydrogens is 428 g/mol. The minimum absolute atomic E-state index is 0.0963. The van der Waals surface area contributed by atoms with Crippen LogP contribution in [-0.4, -0.2) is 42.1 Å². The summed E-state index contributed by atoms with van der Waals surface area (Å²) >= 11 is 6.26. The number of carbonyl (C=O) groups excluding carboxylic acids is 1. The number of tetrazole rings is 1. The van der Waals surface area contributed by atoms with Gasteiger partial charge in [-0.1, -0.05) is 60.1 Å². The number of rotatable bonds is 7. The van der Waals surface area contributed by atoms with Crippen LogP contribution >= 0.6 is 11.6 Å². The molecule has 2 aromatic heterocycles. The van der Waals surface area contributed by atoms with Crippen molar-refractivity contribution in [1.29, 1.82) is 0 Å². The van der Waals surface area contributed by atoms with E-state index in [4.69, 9.17) is 11.6 Å². The van der Waals surface area contributed by atoms with E-state index in [1.165, 1.54) is 4.80 Å². The molecule has 0 unspecified atom stereocenters. The summed E-state index contributed by atoms with van der Waals surface area (Å²) in [5.74, 6) is 0.0936. The fourth-order valence-corrected chi connectivity index (χ4v) is 3.38. The third-order valence-corrected chi connectivity index (χ3v) is 5.24. The number of amides is 1. The SMILES string of the molecule is Cc1nn(Cc2ccccc2Cl)c(C)c1/C=N/NC(=O)Cn1nnc(-c2ccccc2)n1. The molecule has 0 saturated heterocycles. The van der Waals surface area contributed by atoms with Crippen LogP contribution in [0.3, 0.4) is 0 Å². The third kappa shape index (κ3) is 4.89. The maximum Gasteiger partial charge on any atom is 0.263 e. The number of hydrogen-bond acceptors (Lipinski definition) is 6. The molecule has 10 heteroatoms. The predicted molar refractivity (Wildman–Crippen MR) is 121 cm³/mol. The molecule has 0 bridgehead atoms. The zero-order valence-electron chi connectivity index (χ0n) is 17.6. The molecule has 2 aromatic carbocycles. The molecule has 4 rings (SSSR count). The van der Waals surface area contributed by atoms with Crippen LogP contribution in [0, 0.1) is 13.8 Å². The van der Waals surface area contributed by atoms with Gasteiger partial charge in [-0.15, -0.1) is 10.2 Å². The lowest BCUT2D eigenvalue weighted by Gasteiger charge is -2.06. The average molecular weight is 449 g/mol. The van der Waals surface area contributed by atoms with E-state index in [1.807, 2.05) is 73.1 Å². The summed E-state index contributed by atoms with van der Waals surface area (Å²) in [6.45, 7) is 4.29. The van der Waals surface area contributed by atoms with E-state index in [9.17, 15) is 4.79 Å². The highest BCUT2D eigenvalue weighted by Crippen LogP contribution is 2.18. The molecular formula is C22H21ClN8O. The maximum atomic E-state index is 12.2. The summed E-state index contributed by atoms with van der Waals surface area (Å²) in [5.41, 5.74) is 6.87. The third-order valence-electron chi connectivity index (χ3n) is 4.87. The molecule has 32 heavy (non-hydrogen) atoms. The summed E-state index contributed by atoms with van der Waals surface area (Å²) in [7, 11) is 0. The van der Waals surface area contributed by atoms with E-state index in [2.05, 4.69) is 31.0 Å². The first-order valence-electron chi connectivity index (χ1n) is 9.94. The van der Waals surface area contributed by atoms with Gasteiger partial charge in [0.2, 0.25) is 5.82 Å². The molecule has 0 aliphatic rings. The number of carbonyl (C=O) groups is 1. The lowest BCUT2D eigenvalue weighted by Crippen LogP contribution is -2.24. The molecule has 0 radical (unpaired) electrons. The number of hydrazone groups is 1. The number of nitrogens with zero attached hydrogens (tertiary/aromatic N) is 7. The van der Waals surface area contributed by atoms with E-state index < -0.39 is 0 Å². The first kappa shape index (κ1) is 21.4. The lowest BCUT2D eigenvalue weighted by atomic mass is 10.2. The smallest absolute Gasteiger partial charge is 0.263 e. The Labute approximate surface area is 189 Å². The topological polar surface area (TPSA) is 103 Å². The summed E-state index contributed by atoms with van der Waals surface area (Å²) in [5, 5.41) is 21.4. The Morgan fingerprint density at radius 1 is 1.09 bits per heavy atom. The second-order valence-corrected chi connectivity index (χ2v) is 7.54. The van der Waals surface area contributed by atoms with Crippen molar-refractivity contribution in [2.45, 2.75) is 26.9 Å². The van der Waals surface area contributed by atoms with Crippen molar-refractivity contribution in [2.24, 2.45) is 5.10 Å². The highest BCUT2D eigenvalue weighted by Gasteiger charge is 2.12. The van der Waals surface area contributed by atoms with Gasteiger partial charge in [0, 0.05) is 21.8 Å². The molecule has 0 atom stereocenters. The molecule has 1 amide bonds. The Bertz CT molecular complexity index is 1260. The van der Waals surface area contributed by atoms with Crippen molar-refractivity contribution in [3.63, 3.8) is 0 Å². The van der Waals surface area contributed by atoms with E-state index >= 15 is 0 Å². The van der Waals surface area contributed by atoms with E-state index in [0.29, 0.717) is 17.4 Å². The Morgan fingerprint density at radius 3 is 2.62 bits per heavy atom. The van der Waals surface area contributed by atoms with Crippen LogP contribution in [0.25, 0.3) is 11.4 Å². The van der Waals surface area contributed by atoms with Crippen LogP contribution in [0.15, 0.2) is 59.7 Å². The zero-order chi connectivity index (χ0) is 22.5. The zero-order valence-corrected chi connectivity index (χ0v) is 18.4. The quantitative estimate of drug-likeness (QED) is 0.346. The van der Waals surface area contributed by atoms with Gasteiger partial charge in [0.15, 0.2) is 0 Å². The molecule has 0 spiro atoms. The predicted octanol–water partition coefficient (Wildman–Crippen LogP) is 3.01. The normalized spacial score (nSPS) is 11.2. The number of benzene rings is 2. The molecule has 9 nitrogen and oxygen atoms in total. The Hall–Kier alpha value is -3.85. The largest absolute Gasteiger partial charge is 0.271 e. The van der Waals surface area contributed by atoms with Gasteiger partial charge in [0.1, 0.15) is 6.54 Å². The highest BCUT2D eigenvalue weighted by atomic mass is 35.5. The molecule has 0 fully saturated rings. The first-order valence-corrected chi connectivity index (χ1v) is 10.3. The maximum absolute atomic E-state index is 12.2. The van der Waals surface area contributed by atoms with Gasteiger partial charge in [-0.25, -0.2) is 5.43 Å². The highest BCUT2D eigenvalue weighted by molar-refractivity contribution is 6.31. The molecule has 0 aliphatic heterocycles. The van der Waals surface area contributed by atoms with Crippen LogP contribution in [0.1, 0.15) is 22.5 Å². The van der Waals surface area contributed by atoms with Crippen molar-refractivity contribution >= 4 is 23.7 Å². The number of halogens is 1. The number of aromatic nitrogens is 6. The van der Waals surface area contributed by atoms with Gasteiger partial charge in [0.25, 0.3) is 5.91 Å². The summed E-state index contributed by atoms with van der Waals surface area (Å²) < 4.78 is 1.87. The second-order valence-electron chi connectivity index (χ2n) is 7.14. The molecule has 162 valence electrons. The van der Waals surface area contributed by atoms with Crippen LogP contribution in [-0.2, 0) is 17.9 Å². The van der Waals surface area contributed by atoms with Gasteiger partial charge in [0.05, 0.1) is 18.5 Å². The monoisotopic (exact) mass is 448 g/mol. The standard InChI is InChI=1S/C22H21ClN8O/c1-15-19(16(2)30(27-15)13-18-10-6-7-11-20(18)23)12-24-25-21(32)14-31-28-22(26-29-31)17-8-4-3-5-9-17/h3-12H,13-14H2,1-2H3,(H,25,32)/b24-12+. The first-order chi connectivity index (χ1) is 15.5. The summed E-state index contributed by atoms with van der Waals surface area (Å²) in [4.78, 5) is 13.4. The number of nitrogens with one attached hydrogen (secondary N) is 1. The Kier molecular flexibility index (Phi) is 6.37. The summed E-state index contributed by atoms with van der Waals surface area (Å²) in [6.07, 6.45) is 1.59. The van der Waals surface area contributed by atoms with Crippen LogP contribution in [0.4, 0.5) is 0 Å². The van der Waals surface area contributed by atoms with Gasteiger partial charge < -0.3 is 0 Å². The van der Waals surface area contributed by atoms with Crippen molar-refractivity contribution in [1.82, 2.24) is 35.4 Å². The van der Waals surface area contributed by atoms with Gasteiger partial charge in [-0.2, -0.15) is 15.0 Å². The van der Waals surface area contributed by atoms with Crippen molar-refractivity contribution in [3.8, 4) is 11.4 Å². The van der Waals surface area contributed by atoms with Gasteiger partial charge in [-0.3, -0.25) is 9.48 Å². The van der Waals surface area contributed by atoms with E-state index in [0.717, 1.165) is 28.1 Å². The fraction of sp³-hybridized carbons (Fsp3) is 0.182. The minimum Gasteiger partial charge on any atom is -0.271 e. The molecule has 2 heterocycles. The van der Waals surface area contributed by atoms with Crippen LogP contribution < -0.4 is 5.43 Å². The van der Waals surface area contributed by atoms with Crippen molar-refractivity contribution < 1.29 is 4.79 Å². The van der Waals surface area contributed by atoms with Gasteiger partial charge >= 0.3 is 0 Å². The molecule has 4 aromatic rings. The Balaban J connectivity index is 1.38.